The third-order valence-corrected chi connectivity index (χ3v) is 8.31. The van der Waals surface area contributed by atoms with E-state index in [1.807, 2.05) is 42.5 Å². The predicted molar refractivity (Wildman–Crippen MR) is 175 cm³/mol. The van der Waals surface area contributed by atoms with Crippen LogP contribution in [-0.4, -0.2) is 15.0 Å². The summed E-state index contributed by atoms with van der Waals surface area (Å²) in [6.45, 7) is 0. The fourth-order valence-corrected chi connectivity index (χ4v) is 6.28. The average Bonchev–Trinajstić information content (AvgIpc) is 3.49. The molecule has 0 aliphatic rings. The first kappa shape index (κ1) is 23.8. The topological polar surface area (TPSA) is 51.8 Å². The van der Waals surface area contributed by atoms with Crippen LogP contribution in [0.2, 0.25) is 0 Å². The average molecular weight is 550 g/mol. The molecule has 0 saturated heterocycles. The number of aromatic nitrogens is 3. The van der Waals surface area contributed by atoms with Crippen LogP contribution < -0.4 is 0 Å². The first-order valence-corrected chi connectivity index (χ1v) is 14.4. The number of fused-ring (bicyclic) bond motifs is 3. The van der Waals surface area contributed by atoms with Crippen molar-refractivity contribution in [1.82, 2.24) is 15.0 Å². The highest BCUT2D eigenvalue weighted by Gasteiger charge is 2.22. The van der Waals surface area contributed by atoms with Gasteiger partial charge < -0.3 is 4.42 Å². The minimum absolute atomic E-state index is 0.585. The second-order valence-corrected chi connectivity index (χ2v) is 10.8. The number of hydrogen-bond donors (Lipinski definition) is 0. The molecule has 9 rings (SSSR count). The van der Waals surface area contributed by atoms with Crippen LogP contribution in [0, 0.1) is 0 Å². The normalized spacial score (nSPS) is 11.7. The smallest absolute Gasteiger partial charge is 0.167 e. The molecule has 0 radical (unpaired) electrons. The lowest BCUT2D eigenvalue weighted by atomic mass is 9.93. The summed E-state index contributed by atoms with van der Waals surface area (Å²) in [5.74, 6) is 1.83. The molecule has 43 heavy (non-hydrogen) atoms. The van der Waals surface area contributed by atoms with Crippen molar-refractivity contribution in [2.75, 3.05) is 0 Å². The second kappa shape index (κ2) is 9.33. The lowest BCUT2D eigenvalue weighted by molar-refractivity contribution is 0.670. The van der Waals surface area contributed by atoms with Gasteiger partial charge in [-0.1, -0.05) is 127 Å². The molecule has 0 spiro atoms. The Labute approximate surface area is 247 Å². The molecule has 2 heterocycles. The summed E-state index contributed by atoms with van der Waals surface area (Å²) in [5, 5.41) is 7.04. The van der Waals surface area contributed by atoms with E-state index in [9.17, 15) is 0 Å². The van der Waals surface area contributed by atoms with Crippen LogP contribution >= 0.6 is 0 Å². The van der Waals surface area contributed by atoms with Crippen molar-refractivity contribution in [2.45, 2.75) is 0 Å². The van der Waals surface area contributed by atoms with Crippen LogP contribution in [0.4, 0.5) is 0 Å². The number of nitrogens with zero attached hydrogens (tertiary/aromatic N) is 3. The Hall–Kier alpha value is -5.87. The van der Waals surface area contributed by atoms with E-state index in [1.54, 1.807) is 0 Å². The van der Waals surface area contributed by atoms with Crippen molar-refractivity contribution in [2.24, 2.45) is 0 Å². The number of hydrogen-bond acceptors (Lipinski definition) is 4. The van der Waals surface area contributed by atoms with E-state index >= 15 is 0 Å². The minimum Gasteiger partial charge on any atom is -0.455 e. The van der Waals surface area contributed by atoms with Gasteiger partial charge in [0, 0.05) is 21.9 Å². The first-order valence-electron chi connectivity index (χ1n) is 14.4. The summed E-state index contributed by atoms with van der Waals surface area (Å²) in [4.78, 5) is 15.0. The van der Waals surface area contributed by atoms with Gasteiger partial charge in [0.1, 0.15) is 11.2 Å². The lowest BCUT2D eigenvalue weighted by Crippen LogP contribution is -2.00. The zero-order chi connectivity index (χ0) is 28.3. The Morgan fingerprint density at radius 3 is 1.56 bits per heavy atom. The number of furan rings is 1. The largest absolute Gasteiger partial charge is 0.455 e. The first-order chi connectivity index (χ1) is 21.3. The van der Waals surface area contributed by atoms with Crippen molar-refractivity contribution in [1.29, 1.82) is 0 Å². The highest BCUT2D eigenvalue weighted by molar-refractivity contribution is 6.34. The van der Waals surface area contributed by atoms with Crippen LogP contribution in [0.5, 0.6) is 0 Å². The molecule has 0 aliphatic heterocycles. The van der Waals surface area contributed by atoms with Gasteiger partial charge in [-0.05, 0) is 44.8 Å². The quantitative estimate of drug-likeness (QED) is 0.205. The van der Waals surface area contributed by atoms with E-state index in [-0.39, 0.29) is 0 Å². The van der Waals surface area contributed by atoms with Gasteiger partial charge in [0.15, 0.2) is 17.5 Å². The van der Waals surface area contributed by atoms with Gasteiger partial charge in [0.05, 0.1) is 5.56 Å². The van der Waals surface area contributed by atoms with Crippen LogP contribution in [-0.2, 0) is 0 Å². The number of rotatable bonds is 4. The number of benzene rings is 7. The maximum Gasteiger partial charge on any atom is 0.167 e. The molecule has 0 aliphatic carbocycles. The summed E-state index contributed by atoms with van der Waals surface area (Å²) in [7, 11) is 0. The molecule has 0 fully saturated rings. The highest BCUT2D eigenvalue weighted by atomic mass is 16.3. The predicted octanol–water partition coefficient (Wildman–Crippen LogP) is 10.2. The van der Waals surface area contributed by atoms with Crippen LogP contribution in [0.3, 0.4) is 0 Å². The van der Waals surface area contributed by atoms with Crippen molar-refractivity contribution < 1.29 is 4.42 Å². The summed E-state index contributed by atoms with van der Waals surface area (Å²) in [5.41, 5.74) is 6.69. The maximum absolute atomic E-state index is 6.63. The standard InChI is InChI=1S/C39H23N3O/c1-3-10-24(11-4-1)25-18-20-27(21-19-25)38-40-37(26-12-5-2-6-13-26)41-39(42-38)32-23-22-31-29-15-8-7-14-28(29)30-16-9-17-33-34(30)35(31)36(32)43-33/h1-23H. The van der Waals surface area contributed by atoms with E-state index in [0.717, 1.165) is 44.2 Å². The molecule has 0 unspecified atom stereocenters. The molecule has 0 saturated carbocycles. The molecule has 200 valence electrons. The molecule has 0 amide bonds. The molecular formula is C39H23N3O. The zero-order valence-corrected chi connectivity index (χ0v) is 23.0. The van der Waals surface area contributed by atoms with E-state index in [1.165, 1.54) is 27.1 Å². The third kappa shape index (κ3) is 3.74. The van der Waals surface area contributed by atoms with Gasteiger partial charge in [0.2, 0.25) is 0 Å². The molecule has 0 atom stereocenters. The van der Waals surface area contributed by atoms with Gasteiger partial charge in [0.25, 0.3) is 0 Å². The fourth-order valence-electron chi connectivity index (χ4n) is 6.28. The Bertz CT molecular complexity index is 2430. The van der Waals surface area contributed by atoms with E-state index in [0.29, 0.717) is 17.5 Å². The van der Waals surface area contributed by atoms with E-state index in [4.69, 9.17) is 19.4 Å². The molecule has 0 bridgehead atoms. The Morgan fingerprint density at radius 1 is 0.349 bits per heavy atom. The Kier molecular flexibility index (Phi) is 5.16. The van der Waals surface area contributed by atoms with E-state index in [2.05, 4.69) is 97.1 Å². The summed E-state index contributed by atoms with van der Waals surface area (Å²) in [6, 6.07) is 48.0. The van der Waals surface area contributed by atoms with Crippen LogP contribution in [0.25, 0.3) is 88.8 Å². The minimum atomic E-state index is 0.585. The fraction of sp³-hybridized carbons (Fsp3) is 0. The lowest BCUT2D eigenvalue weighted by Gasteiger charge is -2.11. The summed E-state index contributed by atoms with van der Waals surface area (Å²) >= 11 is 0. The van der Waals surface area contributed by atoms with Crippen molar-refractivity contribution in [3.8, 4) is 45.3 Å². The molecule has 9 aromatic rings. The van der Waals surface area contributed by atoms with Crippen molar-refractivity contribution in [3.63, 3.8) is 0 Å². The van der Waals surface area contributed by atoms with E-state index < -0.39 is 0 Å². The molecule has 4 heteroatoms. The molecular weight excluding hydrogens is 526 g/mol. The van der Waals surface area contributed by atoms with Crippen molar-refractivity contribution >= 4 is 43.5 Å². The molecule has 2 aromatic heterocycles. The van der Waals surface area contributed by atoms with Crippen molar-refractivity contribution in [3.05, 3.63) is 140 Å². The maximum atomic E-state index is 6.63. The summed E-state index contributed by atoms with van der Waals surface area (Å²) in [6.07, 6.45) is 0. The monoisotopic (exact) mass is 549 g/mol. The zero-order valence-electron chi connectivity index (χ0n) is 23.0. The SMILES string of the molecule is c1ccc(-c2ccc(-c3nc(-c4ccccc4)nc(-c4ccc5c6ccccc6c6cccc7oc4c5c76)n3)cc2)cc1. The van der Waals surface area contributed by atoms with Crippen LogP contribution in [0.15, 0.2) is 144 Å². The molecule has 0 N–H and O–H groups in total. The third-order valence-electron chi connectivity index (χ3n) is 8.31. The van der Waals surface area contributed by atoms with Gasteiger partial charge in [-0.3, -0.25) is 0 Å². The second-order valence-electron chi connectivity index (χ2n) is 10.8. The molecule has 7 aromatic carbocycles. The van der Waals surface area contributed by atoms with Gasteiger partial charge in [-0.25, -0.2) is 15.0 Å². The molecule has 4 nitrogen and oxygen atoms in total. The van der Waals surface area contributed by atoms with Gasteiger partial charge in [-0.2, -0.15) is 0 Å². The summed E-state index contributed by atoms with van der Waals surface area (Å²) < 4.78 is 6.63. The van der Waals surface area contributed by atoms with Gasteiger partial charge >= 0.3 is 0 Å². The Balaban J connectivity index is 1.28. The van der Waals surface area contributed by atoms with Gasteiger partial charge in [-0.15, -0.1) is 0 Å². The highest BCUT2D eigenvalue weighted by Crippen LogP contribution is 2.45. The van der Waals surface area contributed by atoms with Crippen LogP contribution in [0.1, 0.15) is 0 Å². The Morgan fingerprint density at radius 2 is 0.860 bits per heavy atom.